The number of ether oxygens (including phenoxy) is 1. The Bertz CT molecular complexity index is 1770. The van der Waals surface area contributed by atoms with Crippen LogP contribution in [0.1, 0.15) is 30.5 Å². The van der Waals surface area contributed by atoms with E-state index in [9.17, 15) is 18.0 Å². The molecule has 4 aromatic rings. The summed E-state index contributed by atoms with van der Waals surface area (Å²) in [4.78, 5) is 29.8. The number of nitrogens with one attached hydrogen (secondary N) is 1. The number of carbonyl (C=O) groups is 2. The Hall–Kier alpha value is -4.05. The van der Waals surface area contributed by atoms with E-state index >= 15 is 0 Å². The van der Waals surface area contributed by atoms with Gasteiger partial charge in [0.25, 0.3) is 10.0 Å². The summed E-state index contributed by atoms with van der Waals surface area (Å²) in [5.74, 6) is -0.413. The molecule has 0 spiro atoms. The second kappa shape index (κ2) is 15.5. The van der Waals surface area contributed by atoms with Crippen LogP contribution in [0.3, 0.4) is 0 Å². The molecule has 4 aromatic carbocycles. The van der Waals surface area contributed by atoms with E-state index in [1.165, 1.54) is 35.2 Å². The number of amides is 2. The molecule has 2 amide bonds. The third kappa shape index (κ3) is 8.81. The first-order chi connectivity index (χ1) is 21.9. The lowest BCUT2D eigenvalue weighted by molar-refractivity contribution is -0.140. The predicted octanol–water partition coefficient (Wildman–Crippen LogP) is 6.67. The minimum atomic E-state index is -4.32. The van der Waals surface area contributed by atoms with E-state index in [0.717, 1.165) is 15.4 Å². The van der Waals surface area contributed by atoms with Crippen LogP contribution in [0.5, 0.6) is 5.75 Å². The molecule has 8 nitrogen and oxygen atoms in total. The lowest BCUT2D eigenvalue weighted by atomic mass is 10.0. The Morgan fingerprint density at radius 2 is 1.54 bits per heavy atom. The van der Waals surface area contributed by atoms with Gasteiger partial charge < -0.3 is 15.0 Å². The SMILES string of the molecule is COc1cccc(CN(C(=O)CN(c2cc(Cl)ccc2Cl)S(=O)(=O)c2ccc(C)cc2)[C@H](Cc2ccccc2)C(=O)NC(C)C)c1. The highest BCUT2D eigenvalue weighted by molar-refractivity contribution is 7.92. The van der Waals surface area contributed by atoms with Crippen LogP contribution in [0.15, 0.2) is 102 Å². The molecule has 0 aliphatic heterocycles. The zero-order chi connectivity index (χ0) is 33.4. The van der Waals surface area contributed by atoms with Crippen molar-refractivity contribution in [3.8, 4) is 5.75 Å². The zero-order valence-corrected chi connectivity index (χ0v) is 28.4. The third-order valence-corrected chi connectivity index (χ3v) is 9.58. The van der Waals surface area contributed by atoms with Crippen LogP contribution < -0.4 is 14.4 Å². The van der Waals surface area contributed by atoms with Crippen molar-refractivity contribution in [2.24, 2.45) is 0 Å². The molecule has 0 saturated carbocycles. The number of benzene rings is 4. The summed E-state index contributed by atoms with van der Waals surface area (Å²) in [6, 6.07) is 26.0. The van der Waals surface area contributed by atoms with Gasteiger partial charge in [-0.2, -0.15) is 0 Å². The molecule has 0 unspecified atom stereocenters. The molecule has 0 fully saturated rings. The van der Waals surface area contributed by atoms with Crippen molar-refractivity contribution in [2.45, 2.75) is 50.7 Å². The molecule has 0 aliphatic rings. The molecule has 242 valence electrons. The Morgan fingerprint density at radius 3 is 2.20 bits per heavy atom. The lowest BCUT2D eigenvalue weighted by Crippen LogP contribution is -2.54. The molecule has 0 heterocycles. The van der Waals surface area contributed by atoms with E-state index in [4.69, 9.17) is 27.9 Å². The predicted molar refractivity (Wildman–Crippen MR) is 183 cm³/mol. The van der Waals surface area contributed by atoms with Crippen LogP contribution in [0, 0.1) is 6.92 Å². The van der Waals surface area contributed by atoms with Crippen molar-refractivity contribution in [1.29, 1.82) is 0 Å². The van der Waals surface area contributed by atoms with Crippen molar-refractivity contribution in [3.63, 3.8) is 0 Å². The normalized spacial score (nSPS) is 12.0. The third-order valence-electron chi connectivity index (χ3n) is 7.25. The van der Waals surface area contributed by atoms with Crippen molar-refractivity contribution in [2.75, 3.05) is 18.0 Å². The smallest absolute Gasteiger partial charge is 0.264 e. The molecule has 4 rings (SSSR count). The van der Waals surface area contributed by atoms with E-state index in [1.807, 2.05) is 57.2 Å². The minimum absolute atomic E-state index is 0.000740. The first-order valence-corrected chi connectivity index (χ1v) is 16.9. The molecule has 0 saturated heterocycles. The van der Waals surface area contributed by atoms with E-state index in [0.29, 0.717) is 11.3 Å². The van der Waals surface area contributed by atoms with Gasteiger partial charge in [0.15, 0.2) is 0 Å². The van der Waals surface area contributed by atoms with Gasteiger partial charge in [0.05, 0.1) is 22.7 Å². The lowest BCUT2D eigenvalue weighted by Gasteiger charge is -2.34. The maximum absolute atomic E-state index is 14.6. The first-order valence-electron chi connectivity index (χ1n) is 14.7. The number of halogens is 2. The number of sulfonamides is 1. The molecule has 0 radical (unpaired) electrons. The number of nitrogens with zero attached hydrogens (tertiary/aromatic N) is 2. The Kier molecular flexibility index (Phi) is 11.7. The number of aryl methyl sites for hydroxylation is 1. The van der Waals surface area contributed by atoms with Gasteiger partial charge in [-0.25, -0.2) is 8.42 Å². The zero-order valence-electron chi connectivity index (χ0n) is 26.1. The number of methoxy groups -OCH3 is 1. The average Bonchev–Trinajstić information content (AvgIpc) is 3.03. The van der Waals surface area contributed by atoms with Crippen LogP contribution in [-0.4, -0.2) is 50.9 Å². The van der Waals surface area contributed by atoms with Crippen molar-refractivity contribution in [1.82, 2.24) is 10.2 Å². The molecule has 1 N–H and O–H groups in total. The van der Waals surface area contributed by atoms with Crippen molar-refractivity contribution in [3.05, 3.63) is 124 Å². The Labute approximate surface area is 280 Å². The number of hydrogen-bond donors (Lipinski definition) is 1. The van der Waals surface area contributed by atoms with Gasteiger partial charge in [-0.1, -0.05) is 83.4 Å². The van der Waals surface area contributed by atoms with Crippen molar-refractivity contribution >= 4 is 50.7 Å². The summed E-state index contributed by atoms with van der Waals surface area (Å²) in [5, 5.41) is 3.27. The monoisotopic (exact) mass is 681 g/mol. The van der Waals surface area contributed by atoms with E-state index in [2.05, 4.69) is 5.32 Å². The van der Waals surface area contributed by atoms with Crippen LogP contribution >= 0.6 is 23.2 Å². The van der Waals surface area contributed by atoms with Crippen LogP contribution in [0.25, 0.3) is 0 Å². The molecule has 11 heteroatoms. The number of rotatable bonds is 13. The number of carbonyl (C=O) groups excluding carboxylic acids is 2. The van der Waals surface area contributed by atoms with Gasteiger partial charge in [-0.15, -0.1) is 0 Å². The second-order valence-electron chi connectivity index (χ2n) is 11.2. The van der Waals surface area contributed by atoms with Crippen LogP contribution in [0.2, 0.25) is 10.0 Å². The molecule has 0 aromatic heterocycles. The minimum Gasteiger partial charge on any atom is -0.497 e. The van der Waals surface area contributed by atoms with Crippen molar-refractivity contribution < 1.29 is 22.7 Å². The Balaban J connectivity index is 1.84. The maximum atomic E-state index is 14.6. The largest absolute Gasteiger partial charge is 0.497 e. The summed E-state index contributed by atoms with van der Waals surface area (Å²) >= 11 is 12.8. The highest BCUT2D eigenvalue weighted by Gasteiger charge is 2.35. The van der Waals surface area contributed by atoms with Gasteiger partial charge in [-0.05, 0) is 74.4 Å². The average molecular weight is 683 g/mol. The maximum Gasteiger partial charge on any atom is 0.264 e. The molecule has 1 atom stereocenters. The van der Waals surface area contributed by atoms with Crippen LogP contribution in [-0.2, 0) is 32.6 Å². The second-order valence-corrected chi connectivity index (χ2v) is 13.9. The van der Waals surface area contributed by atoms with Crippen LogP contribution in [0.4, 0.5) is 5.69 Å². The summed E-state index contributed by atoms with van der Waals surface area (Å²) < 4.78 is 34.8. The molecular weight excluding hydrogens is 645 g/mol. The highest BCUT2D eigenvalue weighted by atomic mass is 35.5. The summed E-state index contributed by atoms with van der Waals surface area (Å²) in [5.41, 5.74) is 2.43. The summed E-state index contributed by atoms with van der Waals surface area (Å²) in [7, 11) is -2.78. The standard InChI is InChI=1S/C35H37Cl2N3O5S/c1-24(2)38-35(42)33(20-26-9-6-5-7-10-26)39(22-27-11-8-12-29(19-27)45-4)34(41)23-40(32-21-28(36)15-18-31(32)37)46(43,44)30-16-13-25(3)14-17-30/h5-19,21,24,33H,20,22-23H2,1-4H3,(H,38,42)/t33-/m1/s1. The topological polar surface area (TPSA) is 96.0 Å². The molecule has 0 aliphatic carbocycles. The summed E-state index contributed by atoms with van der Waals surface area (Å²) in [6.07, 6.45) is 0.192. The van der Waals surface area contributed by atoms with Gasteiger partial charge in [0.1, 0.15) is 18.3 Å². The quantitative estimate of drug-likeness (QED) is 0.170. The Morgan fingerprint density at radius 1 is 0.870 bits per heavy atom. The number of hydrogen-bond acceptors (Lipinski definition) is 5. The highest BCUT2D eigenvalue weighted by Crippen LogP contribution is 2.33. The molecular formula is C35H37Cl2N3O5S. The van der Waals surface area contributed by atoms with Gasteiger partial charge in [0.2, 0.25) is 11.8 Å². The van der Waals surface area contributed by atoms with Gasteiger partial charge in [0, 0.05) is 24.0 Å². The van der Waals surface area contributed by atoms with E-state index in [1.54, 1.807) is 37.4 Å². The fourth-order valence-electron chi connectivity index (χ4n) is 4.93. The van der Waals surface area contributed by atoms with Gasteiger partial charge in [-0.3, -0.25) is 13.9 Å². The van der Waals surface area contributed by atoms with E-state index in [-0.39, 0.29) is 45.5 Å². The fraction of sp³-hybridized carbons (Fsp3) is 0.257. The fourth-order valence-corrected chi connectivity index (χ4v) is 6.79. The first kappa shape index (κ1) is 34.8. The molecule has 0 bridgehead atoms. The number of anilines is 1. The van der Waals surface area contributed by atoms with E-state index < -0.39 is 28.5 Å². The molecule has 46 heavy (non-hydrogen) atoms. The van der Waals surface area contributed by atoms with Gasteiger partial charge >= 0.3 is 0 Å². The summed E-state index contributed by atoms with van der Waals surface area (Å²) in [6.45, 7) is 4.86.